The van der Waals surface area contributed by atoms with Gasteiger partial charge < -0.3 is 5.32 Å². The van der Waals surface area contributed by atoms with Crippen molar-refractivity contribution in [1.29, 1.82) is 0 Å². The molecule has 0 heterocycles. The summed E-state index contributed by atoms with van der Waals surface area (Å²) in [7, 11) is 0. The zero-order valence-corrected chi connectivity index (χ0v) is 13.7. The third-order valence-corrected chi connectivity index (χ3v) is 4.26. The summed E-state index contributed by atoms with van der Waals surface area (Å²) in [6.07, 6.45) is 0. The van der Waals surface area contributed by atoms with Crippen LogP contribution in [0.5, 0.6) is 0 Å². The van der Waals surface area contributed by atoms with Gasteiger partial charge in [0.1, 0.15) is 0 Å². The van der Waals surface area contributed by atoms with Gasteiger partial charge in [-0.2, -0.15) is 0 Å². The van der Waals surface area contributed by atoms with E-state index in [1.54, 1.807) is 0 Å². The van der Waals surface area contributed by atoms with Crippen LogP contribution in [0.1, 0.15) is 5.56 Å². The Bertz CT molecular complexity index is 847. The lowest BCUT2D eigenvalue weighted by molar-refractivity contribution is 0.249. The van der Waals surface area contributed by atoms with E-state index in [1.807, 2.05) is 72.8 Å². The van der Waals surface area contributed by atoms with Crippen molar-refractivity contribution in [3.8, 4) is 0 Å². The third kappa shape index (κ3) is 3.58. The molecular formula is C19H16N2O2S. The lowest BCUT2D eigenvalue weighted by Crippen LogP contribution is -2.35. The molecule has 0 bridgehead atoms. The average Bonchev–Trinajstić information content (AvgIpc) is 2.65. The molecule has 0 spiro atoms. The average molecular weight is 336 g/mol. The predicted molar refractivity (Wildman–Crippen MR) is 99.4 cm³/mol. The van der Waals surface area contributed by atoms with Crippen molar-refractivity contribution in [2.45, 2.75) is 6.54 Å². The summed E-state index contributed by atoms with van der Waals surface area (Å²) in [6, 6.07) is 22.8. The summed E-state index contributed by atoms with van der Waals surface area (Å²) < 4.78 is 1.39. The van der Waals surface area contributed by atoms with Gasteiger partial charge in [-0.3, -0.25) is 4.79 Å². The monoisotopic (exact) mass is 336 g/mol. The molecule has 0 aliphatic rings. The highest BCUT2D eigenvalue weighted by Gasteiger charge is 2.18. The highest BCUT2D eigenvalue weighted by Crippen LogP contribution is 2.30. The summed E-state index contributed by atoms with van der Waals surface area (Å²) in [6.45, 7) is 0.403. The largest absolute Gasteiger partial charge is 0.333 e. The van der Waals surface area contributed by atoms with Gasteiger partial charge in [0.15, 0.2) is 5.62 Å². The smallest absolute Gasteiger partial charge is 0.332 e. The van der Waals surface area contributed by atoms with Crippen molar-refractivity contribution in [1.82, 2.24) is 5.32 Å². The second-order valence-corrected chi connectivity index (χ2v) is 5.91. The second-order valence-electron chi connectivity index (χ2n) is 5.14. The molecule has 0 radical (unpaired) electrons. The Morgan fingerprint density at radius 2 is 1.67 bits per heavy atom. The van der Waals surface area contributed by atoms with Crippen LogP contribution in [0.25, 0.3) is 10.8 Å². The Labute approximate surface area is 144 Å². The standard InChI is InChI=1S/C19H16N2O2S/c22-14-24-21(19(23)20-13-15-7-2-1-3-8-15)18-12-6-10-16-9-4-5-11-17(16)18/h1-12,14H,13H2,(H,20,23). The molecule has 0 unspecified atom stereocenters. The van der Waals surface area contributed by atoms with Gasteiger partial charge in [-0.15, -0.1) is 0 Å². The zero-order valence-electron chi connectivity index (χ0n) is 12.9. The number of amides is 2. The van der Waals surface area contributed by atoms with Crippen LogP contribution in [-0.4, -0.2) is 11.6 Å². The van der Waals surface area contributed by atoms with Crippen LogP contribution in [0.15, 0.2) is 72.8 Å². The fourth-order valence-corrected chi connectivity index (χ4v) is 3.01. The first-order valence-electron chi connectivity index (χ1n) is 7.49. The van der Waals surface area contributed by atoms with Crippen molar-refractivity contribution < 1.29 is 9.59 Å². The van der Waals surface area contributed by atoms with Crippen LogP contribution < -0.4 is 9.62 Å². The zero-order chi connectivity index (χ0) is 16.8. The predicted octanol–water partition coefficient (Wildman–Crippen LogP) is 4.39. The van der Waals surface area contributed by atoms with Crippen LogP contribution in [0, 0.1) is 0 Å². The number of hydrogen-bond acceptors (Lipinski definition) is 3. The molecule has 0 aliphatic heterocycles. The topological polar surface area (TPSA) is 49.4 Å². The molecule has 0 saturated heterocycles. The first-order chi connectivity index (χ1) is 11.8. The van der Waals surface area contributed by atoms with Gasteiger partial charge in [-0.1, -0.05) is 66.7 Å². The highest BCUT2D eigenvalue weighted by atomic mass is 32.2. The molecule has 3 aromatic carbocycles. The first-order valence-corrected chi connectivity index (χ1v) is 8.33. The van der Waals surface area contributed by atoms with Crippen molar-refractivity contribution >= 4 is 40.1 Å². The Balaban J connectivity index is 1.85. The summed E-state index contributed by atoms with van der Waals surface area (Å²) >= 11 is 0.828. The molecule has 3 aromatic rings. The number of carbonyl (C=O) groups excluding carboxylic acids is 2. The second kappa shape index (κ2) is 7.66. The fourth-order valence-electron chi connectivity index (χ4n) is 2.49. The van der Waals surface area contributed by atoms with Gasteiger partial charge in [-0.05, 0) is 17.0 Å². The van der Waals surface area contributed by atoms with Gasteiger partial charge in [0.25, 0.3) is 0 Å². The maximum Gasteiger partial charge on any atom is 0.332 e. The number of hydrogen-bond donors (Lipinski definition) is 1. The molecule has 0 fully saturated rings. The maximum atomic E-state index is 12.6. The number of carbonyl (C=O) groups is 2. The highest BCUT2D eigenvalue weighted by molar-refractivity contribution is 8.13. The van der Waals surface area contributed by atoms with Crippen LogP contribution in [0.3, 0.4) is 0 Å². The van der Waals surface area contributed by atoms with E-state index in [0.29, 0.717) is 17.9 Å². The van der Waals surface area contributed by atoms with E-state index in [4.69, 9.17) is 0 Å². The minimum Gasteiger partial charge on any atom is -0.333 e. The Morgan fingerprint density at radius 1 is 0.958 bits per heavy atom. The van der Waals surface area contributed by atoms with E-state index in [0.717, 1.165) is 28.3 Å². The van der Waals surface area contributed by atoms with Gasteiger partial charge in [0.05, 0.1) is 5.69 Å². The molecule has 0 aromatic heterocycles. The number of benzene rings is 3. The SMILES string of the molecule is O=CSN(C(=O)NCc1ccccc1)c1cccc2ccccc12. The van der Waals surface area contributed by atoms with Crippen LogP contribution in [-0.2, 0) is 11.3 Å². The van der Waals surface area contributed by atoms with Crippen LogP contribution in [0.4, 0.5) is 10.5 Å². The van der Waals surface area contributed by atoms with E-state index in [-0.39, 0.29) is 6.03 Å². The number of nitrogens with zero attached hydrogens (tertiary/aromatic N) is 1. The molecule has 4 nitrogen and oxygen atoms in total. The number of rotatable bonds is 5. The fraction of sp³-hybridized carbons (Fsp3) is 0.0526. The van der Waals surface area contributed by atoms with E-state index < -0.39 is 0 Å². The van der Waals surface area contributed by atoms with Gasteiger partial charge in [-0.25, -0.2) is 9.10 Å². The molecule has 0 atom stereocenters. The molecule has 24 heavy (non-hydrogen) atoms. The van der Waals surface area contributed by atoms with Gasteiger partial charge in [0.2, 0.25) is 0 Å². The molecule has 2 amide bonds. The Morgan fingerprint density at radius 3 is 2.46 bits per heavy atom. The van der Waals surface area contributed by atoms with E-state index in [1.165, 1.54) is 4.31 Å². The van der Waals surface area contributed by atoms with Crippen molar-refractivity contribution in [2.24, 2.45) is 0 Å². The van der Waals surface area contributed by atoms with Crippen LogP contribution in [0.2, 0.25) is 0 Å². The van der Waals surface area contributed by atoms with E-state index in [9.17, 15) is 9.59 Å². The van der Waals surface area contributed by atoms with E-state index >= 15 is 0 Å². The molecule has 0 aliphatic carbocycles. The summed E-state index contributed by atoms with van der Waals surface area (Å²) in [5.74, 6) is 0. The van der Waals surface area contributed by atoms with E-state index in [2.05, 4.69) is 5.32 Å². The molecule has 120 valence electrons. The molecule has 1 N–H and O–H groups in total. The number of urea groups is 1. The lowest BCUT2D eigenvalue weighted by Gasteiger charge is -2.21. The summed E-state index contributed by atoms with van der Waals surface area (Å²) in [5, 5.41) is 4.79. The number of anilines is 1. The summed E-state index contributed by atoms with van der Waals surface area (Å²) in [4.78, 5) is 23.6. The quantitative estimate of drug-likeness (QED) is 0.555. The summed E-state index contributed by atoms with van der Waals surface area (Å²) in [5.41, 5.74) is 2.35. The van der Waals surface area contributed by atoms with Crippen molar-refractivity contribution in [3.63, 3.8) is 0 Å². The van der Waals surface area contributed by atoms with Gasteiger partial charge in [0, 0.05) is 23.9 Å². The first kappa shape index (κ1) is 16.1. The number of fused-ring (bicyclic) bond motifs is 1. The minimum atomic E-state index is -0.327. The Hall–Kier alpha value is -2.79. The normalized spacial score (nSPS) is 10.3. The molecule has 0 saturated carbocycles. The molecule has 5 heteroatoms. The van der Waals surface area contributed by atoms with Gasteiger partial charge >= 0.3 is 6.03 Å². The number of nitrogens with one attached hydrogen (secondary N) is 1. The molecule has 3 rings (SSSR count). The van der Waals surface area contributed by atoms with Crippen molar-refractivity contribution in [2.75, 3.05) is 4.31 Å². The van der Waals surface area contributed by atoms with Crippen molar-refractivity contribution in [3.05, 3.63) is 78.4 Å². The Kier molecular flexibility index (Phi) is 5.13. The van der Waals surface area contributed by atoms with Crippen LogP contribution >= 0.6 is 11.9 Å². The molecular weight excluding hydrogens is 320 g/mol. The maximum absolute atomic E-state index is 12.6. The minimum absolute atomic E-state index is 0.327. The third-order valence-electron chi connectivity index (χ3n) is 3.60. The lowest BCUT2D eigenvalue weighted by atomic mass is 10.1.